The zero-order valence-corrected chi connectivity index (χ0v) is 7.75. The van der Waals surface area contributed by atoms with Gasteiger partial charge in [-0.2, -0.15) is 0 Å². The average molecular weight is 232 g/mol. The Morgan fingerprint density at radius 2 is 2.27 bits per heavy atom. The van der Waals surface area contributed by atoms with Crippen molar-refractivity contribution in [2.24, 2.45) is 0 Å². The van der Waals surface area contributed by atoms with E-state index in [0.717, 1.165) is 10.2 Å². The van der Waals surface area contributed by atoms with E-state index in [1.807, 2.05) is 0 Å². The smallest absolute Gasteiger partial charge is 0.138 e. The highest BCUT2D eigenvalue weighted by molar-refractivity contribution is 9.10. The Labute approximate surface area is 75.0 Å². The number of halogens is 2. The number of thiazole rings is 1. The molecule has 0 N–H and O–H groups in total. The first-order chi connectivity index (χ1) is 5.29. The molecule has 2 aromatic rings. The molecule has 1 heterocycles. The summed E-state index contributed by atoms with van der Waals surface area (Å²) >= 11 is 4.59. The molecule has 0 atom stereocenters. The highest BCUT2D eigenvalue weighted by Crippen LogP contribution is 2.28. The van der Waals surface area contributed by atoms with Crippen LogP contribution in [-0.4, -0.2) is 4.98 Å². The van der Waals surface area contributed by atoms with Crippen LogP contribution in [0, 0.1) is 5.82 Å². The van der Waals surface area contributed by atoms with Crippen molar-refractivity contribution in [2.75, 3.05) is 0 Å². The van der Waals surface area contributed by atoms with E-state index in [4.69, 9.17) is 0 Å². The molecule has 56 valence electrons. The molecule has 0 unspecified atom stereocenters. The van der Waals surface area contributed by atoms with Crippen LogP contribution in [0.15, 0.2) is 22.1 Å². The van der Waals surface area contributed by atoms with E-state index in [0.29, 0.717) is 4.47 Å². The lowest BCUT2D eigenvalue weighted by molar-refractivity contribution is 0.623. The van der Waals surface area contributed by atoms with Gasteiger partial charge in [-0.1, -0.05) is 0 Å². The molecule has 0 aliphatic rings. The number of rotatable bonds is 0. The Morgan fingerprint density at radius 1 is 1.45 bits per heavy atom. The fraction of sp³-hybridized carbons (Fsp3) is 0. The predicted molar refractivity (Wildman–Crippen MR) is 47.3 cm³/mol. The third-order valence-electron chi connectivity index (χ3n) is 1.39. The maximum atomic E-state index is 12.9. The number of benzene rings is 1. The lowest BCUT2D eigenvalue weighted by Crippen LogP contribution is -1.75. The Morgan fingerprint density at radius 3 is 3.09 bits per heavy atom. The topological polar surface area (TPSA) is 12.9 Å². The Balaban J connectivity index is 2.93. The molecule has 1 aromatic heterocycles. The van der Waals surface area contributed by atoms with Crippen molar-refractivity contribution in [3.8, 4) is 0 Å². The SMILES string of the molecule is Fc1ccc2ncsc2c1Br. The van der Waals surface area contributed by atoms with Crippen LogP contribution in [0.4, 0.5) is 4.39 Å². The molecular weight excluding hydrogens is 229 g/mol. The summed E-state index contributed by atoms with van der Waals surface area (Å²) in [5, 5.41) is 0. The largest absolute Gasteiger partial charge is 0.245 e. The highest BCUT2D eigenvalue weighted by Gasteiger charge is 2.05. The molecule has 4 heteroatoms. The van der Waals surface area contributed by atoms with Crippen LogP contribution < -0.4 is 0 Å². The Hall–Kier alpha value is -0.480. The van der Waals surface area contributed by atoms with Gasteiger partial charge in [-0.25, -0.2) is 9.37 Å². The van der Waals surface area contributed by atoms with E-state index in [-0.39, 0.29) is 5.82 Å². The van der Waals surface area contributed by atoms with E-state index >= 15 is 0 Å². The minimum atomic E-state index is -0.234. The average Bonchev–Trinajstić information content (AvgIpc) is 2.45. The van der Waals surface area contributed by atoms with Gasteiger partial charge < -0.3 is 0 Å². The minimum absolute atomic E-state index is 0.234. The van der Waals surface area contributed by atoms with E-state index in [1.54, 1.807) is 11.6 Å². The molecule has 11 heavy (non-hydrogen) atoms. The summed E-state index contributed by atoms with van der Waals surface area (Å²) in [6.45, 7) is 0. The monoisotopic (exact) mass is 231 g/mol. The number of nitrogens with zero attached hydrogens (tertiary/aromatic N) is 1. The molecule has 0 saturated heterocycles. The molecule has 1 nitrogen and oxygen atoms in total. The van der Waals surface area contributed by atoms with Crippen LogP contribution in [0.2, 0.25) is 0 Å². The zero-order chi connectivity index (χ0) is 7.84. The van der Waals surface area contributed by atoms with E-state index < -0.39 is 0 Å². The van der Waals surface area contributed by atoms with Crippen molar-refractivity contribution in [2.45, 2.75) is 0 Å². The lowest BCUT2D eigenvalue weighted by Gasteiger charge is -1.92. The fourth-order valence-corrected chi connectivity index (χ4v) is 2.20. The number of fused-ring (bicyclic) bond motifs is 1. The third kappa shape index (κ3) is 1.06. The summed E-state index contributed by atoms with van der Waals surface area (Å²) in [4.78, 5) is 4.04. The van der Waals surface area contributed by atoms with Crippen LogP contribution in [-0.2, 0) is 0 Å². The van der Waals surface area contributed by atoms with Crippen LogP contribution in [0.3, 0.4) is 0 Å². The summed E-state index contributed by atoms with van der Waals surface area (Å²) < 4.78 is 14.2. The van der Waals surface area contributed by atoms with Gasteiger partial charge in [0.15, 0.2) is 0 Å². The molecule has 1 aromatic carbocycles. The predicted octanol–water partition coefficient (Wildman–Crippen LogP) is 3.20. The first kappa shape index (κ1) is 7.18. The molecule has 0 fully saturated rings. The second-order valence-electron chi connectivity index (χ2n) is 2.06. The minimum Gasteiger partial charge on any atom is -0.245 e. The van der Waals surface area contributed by atoms with E-state index in [2.05, 4.69) is 20.9 Å². The van der Waals surface area contributed by atoms with Crippen LogP contribution in [0.25, 0.3) is 10.2 Å². The molecular formula is C7H3BrFNS. The summed E-state index contributed by atoms with van der Waals surface area (Å²) in [5.74, 6) is -0.234. The van der Waals surface area contributed by atoms with Crippen molar-refractivity contribution in [3.05, 3.63) is 27.9 Å². The summed E-state index contributed by atoms with van der Waals surface area (Å²) in [7, 11) is 0. The van der Waals surface area contributed by atoms with Crippen molar-refractivity contribution in [1.29, 1.82) is 0 Å². The number of hydrogen-bond acceptors (Lipinski definition) is 2. The van der Waals surface area contributed by atoms with Gasteiger partial charge in [0, 0.05) is 0 Å². The molecule has 0 radical (unpaired) electrons. The van der Waals surface area contributed by atoms with Gasteiger partial charge in [-0.05, 0) is 28.1 Å². The Bertz CT molecular complexity index is 398. The number of aromatic nitrogens is 1. The second-order valence-corrected chi connectivity index (χ2v) is 3.71. The normalized spacial score (nSPS) is 10.7. The van der Waals surface area contributed by atoms with Crippen molar-refractivity contribution < 1.29 is 4.39 Å². The number of hydrogen-bond donors (Lipinski definition) is 0. The van der Waals surface area contributed by atoms with Gasteiger partial charge >= 0.3 is 0 Å². The van der Waals surface area contributed by atoms with E-state index in [1.165, 1.54) is 17.4 Å². The molecule has 2 rings (SSSR count). The molecule has 0 aliphatic carbocycles. The third-order valence-corrected chi connectivity index (χ3v) is 3.29. The van der Waals surface area contributed by atoms with Crippen LogP contribution in [0.1, 0.15) is 0 Å². The van der Waals surface area contributed by atoms with Crippen LogP contribution >= 0.6 is 27.3 Å². The first-order valence-electron chi connectivity index (χ1n) is 2.96. The summed E-state index contributed by atoms with van der Waals surface area (Å²) in [6.07, 6.45) is 0. The lowest BCUT2D eigenvalue weighted by atomic mass is 10.3. The van der Waals surface area contributed by atoms with Gasteiger partial charge in [0.25, 0.3) is 0 Å². The molecule has 0 spiro atoms. The highest BCUT2D eigenvalue weighted by atomic mass is 79.9. The maximum absolute atomic E-state index is 12.9. The van der Waals surface area contributed by atoms with Crippen molar-refractivity contribution in [1.82, 2.24) is 4.98 Å². The summed E-state index contributed by atoms with van der Waals surface area (Å²) in [6, 6.07) is 3.08. The molecule has 0 amide bonds. The molecule has 0 aliphatic heterocycles. The van der Waals surface area contributed by atoms with Crippen molar-refractivity contribution >= 4 is 37.5 Å². The van der Waals surface area contributed by atoms with Crippen LogP contribution in [0.5, 0.6) is 0 Å². The van der Waals surface area contributed by atoms with Gasteiger partial charge in [-0.3, -0.25) is 0 Å². The van der Waals surface area contributed by atoms with Gasteiger partial charge in [0.1, 0.15) is 5.82 Å². The Kier molecular flexibility index (Phi) is 1.65. The fourth-order valence-electron chi connectivity index (χ4n) is 0.871. The van der Waals surface area contributed by atoms with E-state index in [9.17, 15) is 4.39 Å². The molecule has 0 bridgehead atoms. The standard InChI is InChI=1S/C7H3BrFNS/c8-6-4(9)1-2-5-7(6)11-3-10-5/h1-3H. The second kappa shape index (κ2) is 2.53. The first-order valence-corrected chi connectivity index (χ1v) is 4.63. The van der Waals surface area contributed by atoms with Gasteiger partial charge in [0.05, 0.1) is 20.2 Å². The molecule has 0 saturated carbocycles. The summed E-state index contributed by atoms with van der Waals surface area (Å²) in [5.41, 5.74) is 2.54. The maximum Gasteiger partial charge on any atom is 0.138 e. The van der Waals surface area contributed by atoms with Gasteiger partial charge in [0.2, 0.25) is 0 Å². The van der Waals surface area contributed by atoms with Crippen molar-refractivity contribution in [3.63, 3.8) is 0 Å². The zero-order valence-electron chi connectivity index (χ0n) is 5.34. The van der Waals surface area contributed by atoms with Gasteiger partial charge in [-0.15, -0.1) is 11.3 Å². The quantitative estimate of drug-likeness (QED) is 0.679.